The lowest BCUT2D eigenvalue weighted by molar-refractivity contribution is 0.637. The van der Waals surface area contributed by atoms with Gasteiger partial charge in [-0.25, -0.2) is 15.0 Å². The van der Waals surface area contributed by atoms with Crippen molar-refractivity contribution >= 4 is 31.8 Å². The predicted octanol–water partition coefficient (Wildman–Crippen LogP) is 5.72. The molecule has 0 fully saturated rings. The summed E-state index contributed by atoms with van der Waals surface area (Å²) in [7, 11) is 0. The lowest BCUT2D eigenvalue weighted by Gasteiger charge is -2.05. The molecule has 0 amide bonds. The van der Waals surface area contributed by atoms with Crippen LogP contribution < -0.4 is 0 Å². The third kappa shape index (κ3) is 3.02. The van der Waals surface area contributed by atoms with Crippen LogP contribution in [0.3, 0.4) is 0 Å². The lowest BCUT2D eigenvalue weighted by atomic mass is 10.0. The van der Waals surface area contributed by atoms with Gasteiger partial charge in [-0.05, 0) is 50.5 Å². The second kappa shape index (κ2) is 6.19. The van der Waals surface area contributed by atoms with Crippen molar-refractivity contribution in [2.75, 3.05) is 0 Å². The van der Waals surface area contributed by atoms with Crippen LogP contribution in [0, 0.1) is 19.8 Å². The zero-order valence-corrected chi connectivity index (χ0v) is 15.8. The summed E-state index contributed by atoms with van der Waals surface area (Å²) in [5.41, 5.74) is 6.81. The molecule has 0 bridgehead atoms. The molecular weight excluding hydrogens is 326 g/mol. The third-order valence-corrected chi connectivity index (χ3v) is 5.38. The summed E-state index contributed by atoms with van der Waals surface area (Å²) in [6.45, 7) is 8.69. The maximum atomic E-state index is 4.87. The van der Waals surface area contributed by atoms with Gasteiger partial charge in [0, 0.05) is 16.6 Å². The van der Waals surface area contributed by atoms with Crippen LogP contribution in [0.2, 0.25) is 0 Å². The number of pyridine rings is 1. The standard InChI is InChI=1S/C21H21N3S/c1-12(2)7-16-5-6-17-19-20(25-21(17)24-16)18(22-11-23-19)15-9-13(3)8-14(4)10-15/h5-6,8-12H,7H2,1-4H3. The largest absolute Gasteiger partial charge is 0.242 e. The molecule has 4 rings (SSSR count). The predicted molar refractivity (Wildman–Crippen MR) is 106 cm³/mol. The number of nitrogens with zero attached hydrogens (tertiary/aromatic N) is 3. The average molecular weight is 347 g/mol. The fraction of sp³-hybridized carbons (Fsp3) is 0.286. The van der Waals surface area contributed by atoms with E-state index in [9.17, 15) is 0 Å². The quantitative estimate of drug-likeness (QED) is 0.475. The maximum Gasteiger partial charge on any atom is 0.126 e. The topological polar surface area (TPSA) is 38.7 Å². The molecule has 3 aromatic heterocycles. The van der Waals surface area contributed by atoms with Gasteiger partial charge >= 0.3 is 0 Å². The number of benzene rings is 1. The molecular formula is C21H21N3S. The minimum atomic E-state index is 0.602. The van der Waals surface area contributed by atoms with E-state index in [2.05, 4.69) is 68.0 Å². The maximum absolute atomic E-state index is 4.87. The molecule has 3 nitrogen and oxygen atoms in total. The van der Waals surface area contributed by atoms with Crippen molar-refractivity contribution in [3.63, 3.8) is 0 Å². The number of rotatable bonds is 3. The molecule has 25 heavy (non-hydrogen) atoms. The van der Waals surface area contributed by atoms with Crippen molar-refractivity contribution in [2.45, 2.75) is 34.1 Å². The van der Waals surface area contributed by atoms with E-state index >= 15 is 0 Å². The van der Waals surface area contributed by atoms with Crippen LogP contribution in [0.1, 0.15) is 30.7 Å². The van der Waals surface area contributed by atoms with Gasteiger partial charge in [0.15, 0.2) is 0 Å². The van der Waals surface area contributed by atoms with Gasteiger partial charge < -0.3 is 0 Å². The number of aryl methyl sites for hydroxylation is 2. The molecule has 3 heterocycles. The first kappa shape index (κ1) is 16.2. The Balaban J connectivity index is 1.94. The average Bonchev–Trinajstić information content (AvgIpc) is 2.90. The smallest absolute Gasteiger partial charge is 0.126 e. The monoisotopic (exact) mass is 347 g/mol. The van der Waals surface area contributed by atoms with Crippen LogP contribution in [-0.4, -0.2) is 15.0 Å². The second-order valence-corrected chi connectivity index (χ2v) is 8.13. The van der Waals surface area contributed by atoms with Gasteiger partial charge in [-0.15, -0.1) is 11.3 Å². The molecule has 0 unspecified atom stereocenters. The highest BCUT2D eigenvalue weighted by atomic mass is 32.1. The molecule has 0 aliphatic rings. The van der Waals surface area contributed by atoms with Gasteiger partial charge in [0.05, 0.1) is 15.9 Å². The highest BCUT2D eigenvalue weighted by molar-refractivity contribution is 7.25. The summed E-state index contributed by atoms with van der Waals surface area (Å²) in [5.74, 6) is 0.602. The first-order chi connectivity index (χ1) is 12.0. The van der Waals surface area contributed by atoms with Crippen LogP contribution in [0.15, 0.2) is 36.7 Å². The van der Waals surface area contributed by atoms with Gasteiger partial charge in [-0.2, -0.15) is 0 Å². The van der Waals surface area contributed by atoms with E-state index in [1.54, 1.807) is 17.7 Å². The van der Waals surface area contributed by atoms with E-state index in [0.717, 1.165) is 43.8 Å². The number of thiophene rings is 1. The van der Waals surface area contributed by atoms with Gasteiger partial charge in [-0.3, -0.25) is 0 Å². The molecule has 4 aromatic rings. The Morgan fingerprint density at radius 3 is 2.48 bits per heavy atom. The molecule has 0 aliphatic heterocycles. The molecule has 0 saturated carbocycles. The molecule has 4 heteroatoms. The van der Waals surface area contributed by atoms with Gasteiger partial charge in [0.25, 0.3) is 0 Å². The number of fused-ring (bicyclic) bond motifs is 3. The molecule has 0 saturated heterocycles. The summed E-state index contributed by atoms with van der Waals surface area (Å²) in [4.78, 5) is 15.1. The summed E-state index contributed by atoms with van der Waals surface area (Å²) < 4.78 is 1.12. The van der Waals surface area contributed by atoms with Crippen LogP contribution >= 0.6 is 11.3 Å². The third-order valence-electron chi connectivity index (χ3n) is 4.29. The minimum Gasteiger partial charge on any atom is -0.242 e. The van der Waals surface area contributed by atoms with Gasteiger partial charge in [0.2, 0.25) is 0 Å². The van der Waals surface area contributed by atoms with Crippen LogP contribution in [0.25, 0.3) is 31.7 Å². The van der Waals surface area contributed by atoms with Crippen molar-refractivity contribution in [1.82, 2.24) is 15.0 Å². The zero-order chi connectivity index (χ0) is 17.6. The van der Waals surface area contributed by atoms with Crippen LogP contribution in [0.4, 0.5) is 0 Å². The Kier molecular flexibility index (Phi) is 4.00. The normalized spacial score (nSPS) is 11.7. The van der Waals surface area contributed by atoms with Gasteiger partial charge in [0.1, 0.15) is 11.2 Å². The lowest BCUT2D eigenvalue weighted by Crippen LogP contribution is -1.96. The Labute approximate surface area is 151 Å². The Bertz CT molecular complexity index is 1060. The second-order valence-electron chi connectivity index (χ2n) is 7.13. The highest BCUT2D eigenvalue weighted by Gasteiger charge is 2.14. The van der Waals surface area contributed by atoms with E-state index in [4.69, 9.17) is 4.98 Å². The Morgan fingerprint density at radius 1 is 1.00 bits per heavy atom. The molecule has 0 atom stereocenters. The molecule has 1 aromatic carbocycles. The number of hydrogen-bond acceptors (Lipinski definition) is 4. The number of hydrogen-bond donors (Lipinski definition) is 0. The van der Waals surface area contributed by atoms with E-state index in [0.29, 0.717) is 5.92 Å². The summed E-state index contributed by atoms with van der Waals surface area (Å²) in [6.07, 6.45) is 2.67. The van der Waals surface area contributed by atoms with Gasteiger partial charge in [-0.1, -0.05) is 31.0 Å². The molecule has 126 valence electrons. The van der Waals surface area contributed by atoms with E-state index in [1.807, 2.05) is 0 Å². The highest BCUT2D eigenvalue weighted by Crippen LogP contribution is 2.37. The molecule has 0 radical (unpaired) electrons. The summed E-state index contributed by atoms with van der Waals surface area (Å²) in [5, 5.41) is 1.13. The van der Waals surface area contributed by atoms with E-state index in [1.165, 1.54) is 11.1 Å². The van der Waals surface area contributed by atoms with Crippen molar-refractivity contribution in [1.29, 1.82) is 0 Å². The van der Waals surface area contributed by atoms with Crippen molar-refractivity contribution in [2.24, 2.45) is 5.92 Å². The minimum absolute atomic E-state index is 0.602. The van der Waals surface area contributed by atoms with E-state index < -0.39 is 0 Å². The Hall–Kier alpha value is -2.33. The first-order valence-corrected chi connectivity index (χ1v) is 9.44. The fourth-order valence-corrected chi connectivity index (χ4v) is 4.50. The van der Waals surface area contributed by atoms with Crippen LogP contribution in [0.5, 0.6) is 0 Å². The van der Waals surface area contributed by atoms with E-state index in [-0.39, 0.29) is 0 Å². The SMILES string of the molecule is Cc1cc(C)cc(-c2ncnc3c2sc2nc(CC(C)C)ccc23)c1. The Morgan fingerprint density at radius 2 is 1.76 bits per heavy atom. The number of aromatic nitrogens is 3. The van der Waals surface area contributed by atoms with Crippen molar-refractivity contribution in [3.05, 3.63) is 53.5 Å². The van der Waals surface area contributed by atoms with Crippen molar-refractivity contribution < 1.29 is 0 Å². The molecule has 0 spiro atoms. The molecule has 0 aliphatic carbocycles. The van der Waals surface area contributed by atoms with Crippen LogP contribution in [-0.2, 0) is 6.42 Å². The summed E-state index contributed by atoms with van der Waals surface area (Å²) >= 11 is 1.70. The molecule has 0 N–H and O–H groups in total. The fourth-order valence-electron chi connectivity index (χ4n) is 3.34. The van der Waals surface area contributed by atoms with Crippen molar-refractivity contribution in [3.8, 4) is 11.3 Å². The first-order valence-electron chi connectivity index (χ1n) is 8.63. The zero-order valence-electron chi connectivity index (χ0n) is 15.0. The summed E-state index contributed by atoms with van der Waals surface area (Å²) in [6, 6.07) is 10.9.